The van der Waals surface area contributed by atoms with E-state index in [2.05, 4.69) is 51.2 Å². The third-order valence-corrected chi connectivity index (χ3v) is 4.04. The summed E-state index contributed by atoms with van der Waals surface area (Å²) in [4.78, 5) is 0. The first-order valence-electron chi connectivity index (χ1n) is 7.60. The zero-order valence-corrected chi connectivity index (χ0v) is 13.3. The third-order valence-electron chi connectivity index (χ3n) is 4.04. The molecule has 0 aliphatic carbocycles. The fourth-order valence-corrected chi connectivity index (χ4v) is 2.80. The summed E-state index contributed by atoms with van der Waals surface area (Å²) in [5.41, 5.74) is 4.55. The molecule has 2 aromatic carbocycles. The van der Waals surface area contributed by atoms with Gasteiger partial charge in [-0.3, -0.25) is 0 Å². The van der Waals surface area contributed by atoms with Crippen LogP contribution in [-0.4, -0.2) is 0 Å². The molecule has 2 heteroatoms. The molecule has 0 bridgehead atoms. The second kappa shape index (κ2) is 6.86. The van der Waals surface area contributed by atoms with Crippen LogP contribution in [0.1, 0.15) is 54.6 Å². The summed E-state index contributed by atoms with van der Waals surface area (Å²) >= 11 is 0. The van der Waals surface area contributed by atoms with Crippen molar-refractivity contribution in [3.63, 3.8) is 0 Å². The molecule has 112 valence electrons. The quantitative estimate of drug-likeness (QED) is 0.791. The van der Waals surface area contributed by atoms with Crippen LogP contribution in [0.4, 0.5) is 4.39 Å². The van der Waals surface area contributed by atoms with Gasteiger partial charge in [-0.05, 0) is 44.4 Å². The molecule has 0 saturated heterocycles. The minimum atomic E-state index is -0.134. The van der Waals surface area contributed by atoms with E-state index in [4.69, 9.17) is 0 Å². The van der Waals surface area contributed by atoms with Crippen LogP contribution in [0.25, 0.3) is 0 Å². The second-order valence-electron chi connectivity index (χ2n) is 5.73. The molecule has 0 amide bonds. The summed E-state index contributed by atoms with van der Waals surface area (Å²) in [7, 11) is 0. The summed E-state index contributed by atoms with van der Waals surface area (Å²) in [5, 5.41) is 3.57. The second-order valence-corrected chi connectivity index (χ2v) is 5.73. The average molecular weight is 285 g/mol. The van der Waals surface area contributed by atoms with E-state index in [9.17, 15) is 4.39 Å². The van der Waals surface area contributed by atoms with Crippen molar-refractivity contribution in [3.05, 3.63) is 70.5 Å². The van der Waals surface area contributed by atoms with Crippen molar-refractivity contribution in [1.82, 2.24) is 5.32 Å². The zero-order chi connectivity index (χ0) is 15.4. The molecule has 21 heavy (non-hydrogen) atoms. The van der Waals surface area contributed by atoms with Crippen LogP contribution in [-0.2, 0) is 0 Å². The Morgan fingerprint density at radius 3 is 2.43 bits per heavy atom. The maximum Gasteiger partial charge on any atom is 0.127 e. The Labute approximate surface area is 127 Å². The summed E-state index contributed by atoms with van der Waals surface area (Å²) in [6.45, 7) is 8.45. The van der Waals surface area contributed by atoms with Crippen molar-refractivity contribution in [3.8, 4) is 0 Å². The molecule has 0 aliphatic rings. The fourth-order valence-electron chi connectivity index (χ4n) is 2.80. The van der Waals surface area contributed by atoms with Crippen molar-refractivity contribution < 1.29 is 4.39 Å². The number of hydrogen-bond donors (Lipinski definition) is 1. The minimum Gasteiger partial charge on any atom is -0.303 e. The SMILES string of the molecule is CCC(NC(C)c1cc(C)ccc1C)c1ccccc1F. The van der Waals surface area contributed by atoms with E-state index in [1.807, 2.05) is 12.1 Å². The van der Waals surface area contributed by atoms with E-state index < -0.39 is 0 Å². The number of rotatable bonds is 5. The third kappa shape index (κ3) is 3.70. The highest BCUT2D eigenvalue weighted by Gasteiger charge is 2.17. The summed E-state index contributed by atoms with van der Waals surface area (Å²) < 4.78 is 14.0. The summed E-state index contributed by atoms with van der Waals surface area (Å²) in [5.74, 6) is -0.134. The van der Waals surface area contributed by atoms with Crippen LogP contribution >= 0.6 is 0 Å². The summed E-state index contributed by atoms with van der Waals surface area (Å²) in [6.07, 6.45) is 0.857. The molecule has 0 spiro atoms. The molecule has 1 N–H and O–H groups in total. The van der Waals surface area contributed by atoms with E-state index in [1.165, 1.54) is 22.8 Å². The highest BCUT2D eigenvalue weighted by atomic mass is 19.1. The molecule has 2 atom stereocenters. The van der Waals surface area contributed by atoms with Crippen molar-refractivity contribution in [2.45, 2.75) is 46.2 Å². The Kier molecular flexibility index (Phi) is 5.13. The molecule has 0 aliphatic heterocycles. The number of nitrogens with one attached hydrogen (secondary N) is 1. The Morgan fingerprint density at radius 2 is 1.76 bits per heavy atom. The van der Waals surface area contributed by atoms with Crippen molar-refractivity contribution in [2.75, 3.05) is 0 Å². The van der Waals surface area contributed by atoms with E-state index in [-0.39, 0.29) is 17.9 Å². The molecular weight excluding hydrogens is 261 g/mol. The molecule has 0 radical (unpaired) electrons. The Morgan fingerprint density at radius 1 is 1.05 bits per heavy atom. The van der Waals surface area contributed by atoms with Gasteiger partial charge in [0.1, 0.15) is 5.82 Å². The zero-order valence-electron chi connectivity index (χ0n) is 13.3. The van der Waals surface area contributed by atoms with Gasteiger partial charge in [-0.15, -0.1) is 0 Å². The van der Waals surface area contributed by atoms with Crippen molar-refractivity contribution in [1.29, 1.82) is 0 Å². The topological polar surface area (TPSA) is 12.0 Å². The normalized spacial score (nSPS) is 14.0. The first-order chi connectivity index (χ1) is 10.0. The predicted molar refractivity (Wildman–Crippen MR) is 86.9 cm³/mol. The fraction of sp³-hybridized carbons (Fsp3) is 0.368. The largest absolute Gasteiger partial charge is 0.303 e. The van der Waals surface area contributed by atoms with Gasteiger partial charge in [-0.1, -0.05) is 48.9 Å². The van der Waals surface area contributed by atoms with E-state index in [0.29, 0.717) is 0 Å². The number of benzene rings is 2. The molecule has 0 heterocycles. The Hall–Kier alpha value is -1.67. The minimum absolute atomic E-state index is 0.0288. The van der Waals surface area contributed by atoms with Gasteiger partial charge in [0.25, 0.3) is 0 Å². The van der Waals surface area contributed by atoms with Crippen LogP contribution in [0.3, 0.4) is 0 Å². The lowest BCUT2D eigenvalue weighted by Gasteiger charge is -2.25. The molecular formula is C19H24FN. The van der Waals surface area contributed by atoms with E-state index >= 15 is 0 Å². The monoisotopic (exact) mass is 285 g/mol. The van der Waals surface area contributed by atoms with Gasteiger partial charge < -0.3 is 5.32 Å². The lowest BCUT2D eigenvalue weighted by molar-refractivity contribution is 0.438. The standard InChI is InChI=1S/C19H24FN/c1-5-19(16-8-6-7-9-18(16)20)21-15(4)17-12-13(2)10-11-14(17)3/h6-12,15,19,21H,5H2,1-4H3. The molecule has 1 nitrogen and oxygen atoms in total. The molecule has 2 unspecified atom stereocenters. The van der Waals surface area contributed by atoms with Gasteiger partial charge in [0.05, 0.1) is 0 Å². The van der Waals surface area contributed by atoms with Crippen LogP contribution in [0.2, 0.25) is 0 Å². The molecule has 0 fully saturated rings. The highest BCUT2D eigenvalue weighted by Crippen LogP contribution is 2.26. The summed E-state index contributed by atoms with van der Waals surface area (Å²) in [6, 6.07) is 13.7. The predicted octanol–water partition coefficient (Wildman–Crippen LogP) is 5.24. The van der Waals surface area contributed by atoms with Gasteiger partial charge in [-0.25, -0.2) is 4.39 Å². The Balaban J connectivity index is 2.22. The van der Waals surface area contributed by atoms with Crippen molar-refractivity contribution >= 4 is 0 Å². The molecule has 0 saturated carbocycles. The van der Waals surface area contributed by atoms with Crippen LogP contribution in [0.15, 0.2) is 42.5 Å². The van der Waals surface area contributed by atoms with Crippen LogP contribution in [0, 0.1) is 19.7 Å². The maximum absolute atomic E-state index is 14.0. The van der Waals surface area contributed by atoms with Crippen LogP contribution in [0.5, 0.6) is 0 Å². The van der Waals surface area contributed by atoms with Gasteiger partial charge in [0.2, 0.25) is 0 Å². The molecule has 0 aromatic heterocycles. The van der Waals surface area contributed by atoms with Gasteiger partial charge in [0.15, 0.2) is 0 Å². The maximum atomic E-state index is 14.0. The molecule has 2 rings (SSSR count). The van der Waals surface area contributed by atoms with Gasteiger partial charge in [-0.2, -0.15) is 0 Å². The van der Waals surface area contributed by atoms with Gasteiger partial charge >= 0.3 is 0 Å². The lowest BCUT2D eigenvalue weighted by atomic mass is 9.97. The van der Waals surface area contributed by atoms with Crippen molar-refractivity contribution in [2.24, 2.45) is 0 Å². The van der Waals surface area contributed by atoms with Crippen LogP contribution < -0.4 is 5.32 Å². The number of halogens is 1. The van der Waals surface area contributed by atoms with E-state index in [0.717, 1.165) is 12.0 Å². The molecule has 2 aromatic rings. The highest BCUT2D eigenvalue weighted by molar-refractivity contribution is 5.33. The van der Waals surface area contributed by atoms with Gasteiger partial charge in [0, 0.05) is 17.6 Å². The first kappa shape index (κ1) is 15.7. The van der Waals surface area contributed by atoms with E-state index in [1.54, 1.807) is 6.07 Å². The smallest absolute Gasteiger partial charge is 0.127 e. The number of hydrogen-bond acceptors (Lipinski definition) is 1. The first-order valence-corrected chi connectivity index (χ1v) is 7.60. The lowest BCUT2D eigenvalue weighted by Crippen LogP contribution is -2.25. The average Bonchev–Trinajstić information content (AvgIpc) is 2.48. The number of aryl methyl sites for hydroxylation is 2. The Bertz CT molecular complexity index is 606.